The van der Waals surface area contributed by atoms with E-state index in [-0.39, 0.29) is 22.7 Å². The Hall–Kier alpha value is -0.380. The number of aliphatic hydroxyl groups excluding tert-OH is 1. The van der Waals surface area contributed by atoms with Crippen molar-refractivity contribution in [1.82, 2.24) is 0 Å². The van der Waals surface area contributed by atoms with Crippen LogP contribution in [0.25, 0.3) is 0 Å². The lowest BCUT2D eigenvalue weighted by Gasteiger charge is -2.61. The monoisotopic (exact) mass is 320 g/mol. The Morgan fingerprint density at radius 1 is 1.22 bits per heavy atom. The summed E-state index contributed by atoms with van der Waals surface area (Å²) < 4.78 is 12.5. The highest BCUT2D eigenvalue weighted by Crippen LogP contribution is 2.65. The Morgan fingerprint density at radius 2 is 2.04 bits per heavy atom. The van der Waals surface area contributed by atoms with E-state index in [1.807, 2.05) is 0 Å². The molecular formula is C20H32O3. The zero-order valence-corrected chi connectivity index (χ0v) is 14.9. The fourth-order valence-electron chi connectivity index (χ4n) is 6.46. The minimum Gasteiger partial charge on any atom is -0.395 e. The molecule has 23 heavy (non-hydrogen) atoms. The SMILES string of the molecule is C[C@@H]1COC2(CCC3(C)C4=CCCC[C@]4(CO)CCC3[C@@H]2C)O1. The number of allylic oxidation sites excluding steroid dienone is 1. The molecule has 3 unspecified atom stereocenters. The van der Waals surface area contributed by atoms with Crippen LogP contribution in [-0.2, 0) is 9.47 Å². The Kier molecular flexibility index (Phi) is 3.72. The zero-order valence-electron chi connectivity index (χ0n) is 14.9. The fraction of sp³-hybridized carbons (Fsp3) is 0.900. The van der Waals surface area contributed by atoms with E-state index in [0.717, 1.165) is 25.9 Å². The van der Waals surface area contributed by atoms with E-state index >= 15 is 0 Å². The molecule has 3 aliphatic carbocycles. The summed E-state index contributed by atoms with van der Waals surface area (Å²) in [6.45, 7) is 7.98. The van der Waals surface area contributed by atoms with Crippen molar-refractivity contribution in [2.45, 2.75) is 77.6 Å². The van der Waals surface area contributed by atoms with Gasteiger partial charge in [-0.15, -0.1) is 0 Å². The predicted octanol–water partition coefficient (Wildman–Crippen LogP) is 4.05. The second-order valence-corrected chi connectivity index (χ2v) is 8.85. The molecule has 6 atom stereocenters. The molecular weight excluding hydrogens is 288 g/mol. The molecule has 4 aliphatic rings. The van der Waals surface area contributed by atoms with Gasteiger partial charge in [0, 0.05) is 17.8 Å². The van der Waals surface area contributed by atoms with Gasteiger partial charge in [0.05, 0.1) is 19.3 Å². The average Bonchev–Trinajstić information content (AvgIpc) is 2.94. The first-order valence-electron chi connectivity index (χ1n) is 9.60. The first kappa shape index (κ1) is 16.1. The Bertz CT molecular complexity index is 515. The van der Waals surface area contributed by atoms with Crippen molar-refractivity contribution in [2.24, 2.45) is 22.7 Å². The number of ether oxygens (including phenoxy) is 2. The summed E-state index contributed by atoms with van der Waals surface area (Å²) in [5, 5.41) is 10.2. The normalized spacial score (nSPS) is 52.9. The first-order chi connectivity index (χ1) is 11.0. The third kappa shape index (κ3) is 2.12. The first-order valence-corrected chi connectivity index (χ1v) is 9.60. The van der Waals surface area contributed by atoms with Crippen molar-refractivity contribution in [3.63, 3.8) is 0 Å². The van der Waals surface area contributed by atoms with Crippen molar-refractivity contribution in [1.29, 1.82) is 0 Å². The van der Waals surface area contributed by atoms with Crippen LogP contribution in [0.2, 0.25) is 0 Å². The van der Waals surface area contributed by atoms with Crippen LogP contribution in [0, 0.1) is 22.7 Å². The molecule has 4 rings (SSSR count). The van der Waals surface area contributed by atoms with Gasteiger partial charge in [0.1, 0.15) is 0 Å². The van der Waals surface area contributed by atoms with Crippen LogP contribution in [0.1, 0.15) is 65.7 Å². The Morgan fingerprint density at radius 3 is 2.74 bits per heavy atom. The molecule has 1 saturated heterocycles. The van der Waals surface area contributed by atoms with E-state index < -0.39 is 0 Å². The standard InChI is InChI=1S/C20H32O3/c1-14-12-22-20(23-14)11-10-18(3)16(15(20)2)7-9-19(13-21)8-5-4-6-17(18)19/h6,14-16,21H,4-5,7-13H2,1-3H3/t14-,15+,16?,18?,19-,20?/m1/s1. The van der Waals surface area contributed by atoms with Crippen molar-refractivity contribution < 1.29 is 14.6 Å². The van der Waals surface area contributed by atoms with Gasteiger partial charge in [0.15, 0.2) is 5.79 Å². The van der Waals surface area contributed by atoms with Crippen LogP contribution in [-0.4, -0.2) is 30.2 Å². The maximum absolute atomic E-state index is 10.2. The molecule has 3 heteroatoms. The van der Waals surface area contributed by atoms with E-state index in [2.05, 4.69) is 26.8 Å². The lowest BCUT2D eigenvalue weighted by molar-refractivity contribution is -0.250. The number of fused-ring (bicyclic) bond motifs is 3. The second-order valence-electron chi connectivity index (χ2n) is 8.85. The van der Waals surface area contributed by atoms with Gasteiger partial charge in [-0.25, -0.2) is 0 Å². The van der Waals surface area contributed by atoms with Gasteiger partial charge in [-0.1, -0.05) is 25.5 Å². The molecule has 130 valence electrons. The van der Waals surface area contributed by atoms with Crippen molar-refractivity contribution in [2.75, 3.05) is 13.2 Å². The predicted molar refractivity (Wildman–Crippen MR) is 89.9 cm³/mol. The lowest BCUT2D eigenvalue weighted by atomic mass is 9.46. The largest absolute Gasteiger partial charge is 0.395 e. The number of rotatable bonds is 1. The molecule has 0 amide bonds. The van der Waals surface area contributed by atoms with Crippen molar-refractivity contribution in [3.8, 4) is 0 Å². The van der Waals surface area contributed by atoms with E-state index in [1.165, 1.54) is 25.7 Å². The molecule has 1 aliphatic heterocycles. The quantitative estimate of drug-likeness (QED) is 0.741. The van der Waals surface area contributed by atoms with Gasteiger partial charge >= 0.3 is 0 Å². The van der Waals surface area contributed by atoms with E-state index in [1.54, 1.807) is 5.57 Å². The minimum absolute atomic E-state index is 0.0679. The van der Waals surface area contributed by atoms with Crippen LogP contribution in [0.3, 0.4) is 0 Å². The Balaban J connectivity index is 1.69. The van der Waals surface area contributed by atoms with Gasteiger partial charge in [-0.05, 0) is 56.8 Å². The van der Waals surface area contributed by atoms with Gasteiger partial charge in [0.25, 0.3) is 0 Å². The molecule has 3 fully saturated rings. The molecule has 2 saturated carbocycles. The van der Waals surface area contributed by atoms with Gasteiger partial charge in [0.2, 0.25) is 0 Å². The molecule has 0 aromatic carbocycles. The van der Waals surface area contributed by atoms with Gasteiger partial charge < -0.3 is 14.6 Å². The van der Waals surface area contributed by atoms with E-state index in [4.69, 9.17) is 9.47 Å². The summed E-state index contributed by atoms with van der Waals surface area (Å²) in [7, 11) is 0. The third-order valence-corrected chi connectivity index (χ3v) is 7.70. The summed E-state index contributed by atoms with van der Waals surface area (Å²) in [6.07, 6.45) is 10.7. The smallest absolute Gasteiger partial charge is 0.171 e. The molecule has 0 bridgehead atoms. The summed E-state index contributed by atoms with van der Waals surface area (Å²) in [6, 6.07) is 0. The van der Waals surface area contributed by atoms with Crippen LogP contribution in [0.15, 0.2) is 11.6 Å². The van der Waals surface area contributed by atoms with Crippen LogP contribution < -0.4 is 0 Å². The van der Waals surface area contributed by atoms with Crippen LogP contribution >= 0.6 is 0 Å². The molecule has 1 spiro atoms. The average molecular weight is 320 g/mol. The van der Waals surface area contributed by atoms with Crippen molar-refractivity contribution >= 4 is 0 Å². The van der Waals surface area contributed by atoms with Crippen molar-refractivity contribution in [3.05, 3.63) is 11.6 Å². The zero-order chi connectivity index (χ0) is 16.3. The highest BCUT2D eigenvalue weighted by molar-refractivity contribution is 5.30. The van der Waals surface area contributed by atoms with E-state index in [0.29, 0.717) is 18.4 Å². The summed E-state index contributed by atoms with van der Waals surface area (Å²) in [5.41, 5.74) is 1.85. The second kappa shape index (κ2) is 5.31. The van der Waals surface area contributed by atoms with E-state index in [9.17, 15) is 5.11 Å². The molecule has 3 nitrogen and oxygen atoms in total. The number of aliphatic hydroxyl groups is 1. The molecule has 1 N–H and O–H groups in total. The van der Waals surface area contributed by atoms with Gasteiger partial charge in [-0.2, -0.15) is 0 Å². The fourth-order valence-corrected chi connectivity index (χ4v) is 6.46. The third-order valence-electron chi connectivity index (χ3n) is 7.70. The highest BCUT2D eigenvalue weighted by atomic mass is 16.7. The molecule has 0 radical (unpaired) electrons. The molecule has 1 heterocycles. The number of hydrogen-bond donors (Lipinski definition) is 1. The highest BCUT2D eigenvalue weighted by Gasteiger charge is 2.61. The number of hydrogen-bond acceptors (Lipinski definition) is 3. The summed E-state index contributed by atoms with van der Waals surface area (Å²) in [5.74, 6) is 0.675. The van der Waals surface area contributed by atoms with Gasteiger partial charge in [-0.3, -0.25) is 0 Å². The molecule has 0 aromatic rings. The van der Waals surface area contributed by atoms with Crippen LogP contribution in [0.5, 0.6) is 0 Å². The minimum atomic E-state index is -0.349. The maximum atomic E-state index is 10.2. The molecule has 0 aromatic heterocycles. The van der Waals surface area contributed by atoms with Crippen LogP contribution in [0.4, 0.5) is 0 Å². The topological polar surface area (TPSA) is 38.7 Å². The maximum Gasteiger partial charge on any atom is 0.171 e. The Labute approximate surface area is 140 Å². The summed E-state index contributed by atoms with van der Waals surface area (Å²) >= 11 is 0. The lowest BCUT2D eigenvalue weighted by Crippen LogP contribution is -2.57. The summed E-state index contributed by atoms with van der Waals surface area (Å²) in [4.78, 5) is 0.